The van der Waals surface area contributed by atoms with Crippen LogP contribution in [0.25, 0.3) is 0 Å². The van der Waals surface area contributed by atoms with Gasteiger partial charge in [0.05, 0.1) is 0 Å². The van der Waals surface area contributed by atoms with Gasteiger partial charge in [0.25, 0.3) is 0 Å². The second kappa shape index (κ2) is 60.0. The third kappa shape index (κ3) is 2540. The second-order valence-corrected chi connectivity index (χ2v) is 1.96. The molecule has 0 aliphatic rings. The van der Waals surface area contributed by atoms with Gasteiger partial charge in [0.2, 0.25) is 29.6 Å². The molecule has 0 fully saturated rings. The van der Waals surface area contributed by atoms with E-state index in [4.69, 9.17) is 25.2 Å². The largest absolute Gasteiger partial charge is 2.00 e. The minimum absolute atomic E-state index is 0. The predicted octanol–water partition coefficient (Wildman–Crippen LogP) is -12.7. The van der Waals surface area contributed by atoms with Crippen LogP contribution in [0.1, 0.15) is 0 Å². The molecule has 0 unspecified atom stereocenters. The zero-order valence-corrected chi connectivity index (χ0v) is 11.1. The van der Waals surface area contributed by atoms with Crippen molar-refractivity contribution in [3.8, 4) is 0 Å². The van der Waals surface area contributed by atoms with Gasteiger partial charge in [-0.1, -0.05) is 0 Å². The van der Waals surface area contributed by atoms with Gasteiger partial charge in [0.1, 0.15) is 0 Å². The second-order valence-electron chi connectivity index (χ2n) is 0.378. The summed E-state index contributed by atoms with van der Waals surface area (Å²) in [6, 6.07) is 0. The van der Waals surface area contributed by atoms with E-state index in [-0.39, 0.29) is 49.9 Å². The Morgan fingerprint density at radius 3 is 0.400 bits per heavy atom. The van der Waals surface area contributed by atoms with Crippen LogP contribution in [0.4, 0.5) is 0 Å². The molecule has 0 amide bonds. The first-order valence-electron chi connectivity index (χ1n) is 0.926. The normalized spacial score (nSPS) is 4.80. The molecular weight excluding hydrogens is 415 g/mol. The monoisotopic (exact) mass is 431 g/mol. The van der Waals surface area contributed by atoms with Crippen molar-refractivity contribution in [2.45, 2.75) is 0 Å². The molecule has 0 rings (SSSR count). The van der Waals surface area contributed by atoms with E-state index < -0.39 is 29.6 Å². The van der Waals surface area contributed by atoms with Gasteiger partial charge < -0.3 is 58.0 Å². The maximum atomic E-state index is 8.52. The number of hydrogen-bond donors (Lipinski definition) is 0. The Labute approximate surface area is 105 Å². The Balaban J connectivity index is -0.00000000468. The smallest absolute Gasteiger partial charge is 0.457 e. The van der Waals surface area contributed by atoms with E-state index in [2.05, 4.69) is 0 Å². The van der Waals surface area contributed by atoms with Crippen LogP contribution in [-0.2, 0) is 49.9 Å². The molecule has 0 atom stereocenters. The summed E-state index contributed by atoms with van der Waals surface area (Å²) in [7, 11) is 0. The first-order valence-corrected chi connectivity index (χ1v) is 4.81. The van der Waals surface area contributed by atoms with E-state index in [1.165, 1.54) is 0 Å². The van der Waals surface area contributed by atoms with Gasteiger partial charge in [-0.2, -0.15) is 0 Å². The fraction of sp³-hybridized carbons (Fsp3) is 0. The average Bonchev–Trinajstić information content (AvgIpc) is 1.25. The molecule has 0 aromatic heterocycles. The summed E-state index contributed by atoms with van der Waals surface area (Å²) in [4.78, 5) is 0. The van der Waals surface area contributed by atoms with E-state index in [1.807, 2.05) is 0 Å². The van der Waals surface area contributed by atoms with E-state index >= 15 is 0 Å². The van der Waals surface area contributed by atoms with E-state index in [9.17, 15) is 0 Å². The van der Waals surface area contributed by atoms with Crippen LogP contribution in [0.15, 0.2) is 0 Å². The van der Waals surface area contributed by atoms with Crippen molar-refractivity contribution in [2.75, 3.05) is 0 Å². The van der Waals surface area contributed by atoms with Gasteiger partial charge in [0.15, 0.2) is 0 Å². The van der Waals surface area contributed by atoms with E-state index in [0.717, 1.165) is 0 Å². The fourth-order valence-electron chi connectivity index (χ4n) is 0. The third-order valence-electron chi connectivity index (χ3n) is 0. The van der Waals surface area contributed by atoms with Crippen molar-refractivity contribution >= 4 is 0 Å². The van der Waals surface area contributed by atoms with Crippen molar-refractivity contribution in [1.29, 1.82) is 0 Å². The Morgan fingerprint density at radius 2 is 0.400 bits per heavy atom. The molecule has 0 bridgehead atoms. The summed E-state index contributed by atoms with van der Waals surface area (Å²) in [5, 5.41) is 0. The molecule has 1 radical (unpaired) electrons. The third-order valence-corrected chi connectivity index (χ3v) is 0. The molecule has 0 spiro atoms. The van der Waals surface area contributed by atoms with Gasteiger partial charge >= 0.3 is 17.1 Å². The molecule has 0 saturated carbocycles. The maximum absolute atomic E-state index is 8.52. The fourth-order valence-corrected chi connectivity index (χ4v) is 0. The van der Waals surface area contributed by atoms with Crippen LogP contribution in [0.2, 0.25) is 0 Å². The van der Waals surface area contributed by atoms with Gasteiger partial charge in [-0.3, -0.25) is 0 Å². The first-order chi connectivity index (χ1) is 3.46. The zero-order valence-electron chi connectivity index (χ0n) is 6.97. The van der Waals surface area contributed by atoms with Gasteiger partial charge in [0, 0.05) is 0 Å². The Bertz CT molecular complexity index is 29.1. The van der Waals surface area contributed by atoms with Crippen LogP contribution in [0.3, 0.4) is 0 Å². The van der Waals surface area contributed by atoms with Crippen LogP contribution < -0.4 is 25.2 Å². The summed E-state index contributed by atoms with van der Waals surface area (Å²) < 4.78 is 51.1. The molecule has 15 heavy (non-hydrogen) atoms. The molecule has 0 aliphatic heterocycles. The van der Waals surface area contributed by atoms with Crippen molar-refractivity contribution < 1.29 is 105 Å². The van der Waals surface area contributed by atoms with Crippen LogP contribution >= 0.6 is 0 Å². The van der Waals surface area contributed by atoms with Crippen LogP contribution in [0.5, 0.6) is 0 Å². The minimum Gasteiger partial charge on any atom is -0.457 e. The summed E-state index contributed by atoms with van der Waals surface area (Å²) >= 11 is -7.29. The molecule has 12 nitrogen and oxygen atoms in total. The molecule has 0 aliphatic carbocycles. The summed E-state index contributed by atoms with van der Waals surface area (Å²) in [6.45, 7) is 0. The molecule has 0 aromatic carbocycles. The average molecular weight is 433 g/mol. The Hall–Kier alpha value is 0.999. The summed E-state index contributed by atoms with van der Waals surface area (Å²) in [5.41, 5.74) is 0. The predicted molar refractivity (Wildman–Crippen MR) is 29.2 cm³/mol. The van der Waals surface area contributed by atoms with Crippen LogP contribution in [0, 0.1) is 29.6 Å². The minimum atomic E-state index is -3.65. The Kier molecular flexibility index (Phi) is 294. The Morgan fingerprint density at radius 1 is 0.400 bits per heavy atom. The van der Waals surface area contributed by atoms with Crippen molar-refractivity contribution in [2.24, 2.45) is 0 Å². The standard InChI is InChI=1S/2BrO3.Cu.6H2O/c2*2-1(3)4;;;;;;;/h;;;6*1H2/q2*-1;+2;;;;;;/p+6. The van der Waals surface area contributed by atoms with Crippen molar-refractivity contribution in [1.82, 2.24) is 0 Å². The van der Waals surface area contributed by atoms with Crippen molar-refractivity contribution in [3.05, 3.63) is 0 Å². The molecule has 109 valence electrons. The van der Waals surface area contributed by atoms with E-state index in [0.29, 0.717) is 0 Å². The summed E-state index contributed by atoms with van der Waals surface area (Å²) in [6.07, 6.45) is 0. The maximum Gasteiger partial charge on any atom is 2.00 e. The van der Waals surface area contributed by atoms with Gasteiger partial charge in [-0.15, -0.1) is 0 Å². The molecule has 18 N–H and O–H groups in total. The van der Waals surface area contributed by atoms with Gasteiger partial charge in [-0.05, 0) is 0 Å². The molecule has 0 saturated heterocycles. The quantitative estimate of drug-likeness (QED) is 0.263. The molecular formula is H18Br2CuO12+6. The topological polar surface area (TPSA) is 336 Å². The first kappa shape index (κ1) is 73.5. The van der Waals surface area contributed by atoms with E-state index in [1.54, 1.807) is 0 Å². The summed E-state index contributed by atoms with van der Waals surface area (Å²) in [5.74, 6) is 0. The molecule has 0 heterocycles. The van der Waals surface area contributed by atoms with Gasteiger partial charge in [-0.25, -0.2) is 0 Å². The molecule has 0 aromatic rings. The zero-order chi connectivity index (χ0) is 7.15. The van der Waals surface area contributed by atoms with Crippen LogP contribution in [-0.4, -0.2) is 0 Å². The number of hydrogen-bond acceptors (Lipinski definition) is 6. The SMILES string of the molecule is [Cu+2].[O-][Br+2]([O-])[O-].[O-][Br+2]([O-])[O-].[OH3+].[OH3+].[OH3+].[OH3+].[OH3+].[OH3+]. The van der Waals surface area contributed by atoms with Crippen molar-refractivity contribution in [3.63, 3.8) is 0 Å². The number of halogens is 2. The molecule has 15 heteroatoms. The number of rotatable bonds is 0.